The summed E-state index contributed by atoms with van der Waals surface area (Å²) in [4.78, 5) is 22.8. The summed E-state index contributed by atoms with van der Waals surface area (Å²) in [7, 11) is 0. The maximum Gasteiger partial charge on any atom is 0.316 e. The molecule has 0 aliphatic rings. The molecule has 1 aromatic carbocycles. The Labute approximate surface area is 117 Å². The number of benzene rings is 1. The third kappa shape index (κ3) is 5.34. The predicted molar refractivity (Wildman–Crippen MR) is 78.5 cm³/mol. The van der Waals surface area contributed by atoms with Crippen molar-refractivity contribution in [2.45, 2.75) is 26.0 Å². The summed E-state index contributed by atoms with van der Waals surface area (Å²) in [6, 6.07) is 7.50. The first kappa shape index (κ1) is 15.6. The molecule has 1 amide bonds. The fraction of sp³-hybridized carbons (Fsp3) is 0.429. The summed E-state index contributed by atoms with van der Waals surface area (Å²) in [5, 5.41) is 11.2. The third-order valence-corrected chi connectivity index (χ3v) is 4.08. The first-order valence-electron chi connectivity index (χ1n) is 6.11. The Bertz CT molecular complexity index is 460. The summed E-state index contributed by atoms with van der Waals surface area (Å²) in [6.45, 7) is 5.62. The van der Waals surface area contributed by atoms with Crippen LogP contribution in [-0.2, 0) is 9.59 Å². The molecule has 0 saturated heterocycles. The molecule has 2 N–H and O–H groups in total. The van der Waals surface area contributed by atoms with E-state index in [0.29, 0.717) is 0 Å². The van der Waals surface area contributed by atoms with Crippen molar-refractivity contribution in [3.8, 4) is 0 Å². The van der Waals surface area contributed by atoms with Gasteiger partial charge in [0.25, 0.3) is 0 Å². The zero-order valence-electron chi connectivity index (χ0n) is 11.3. The summed E-state index contributed by atoms with van der Waals surface area (Å²) in [5.74, 6) is -0.913. The third-order valence-electron chi connectivity index (χ3n) is 2.54. The van der Waals surface area contributed by atoms with Crippen LogP contribution in [0.4, 0.5) is 5.69 Å². The van der Waals surface area contributed by atoms with Crippen LogP contribution in [-0.4, -0.2) is 28.0 Å². The fourth-order valence-corrected chi connectivity index (χ4v) is 2.56. The van der Waals surface area contributed by atoms with Crippen molar-refractivity contribution < 1.29 is 14.7 Å². The van der Waals surface area contributed by atoms with Crippen molar-refractivity contribution in [1.82, 2.24) is 0 Å². The Morgan fingerprint density at radius 3 is 2.58 bits per heavy atom. The van der Waals surface area contributed by atoms with Gasteiger partial charge in [0.2, 0.25) is 5.91 Å². The van der Waals surface area contributed by atoms with E-state index in [-0.39, 0.29) is 17.6 Å². The van der Waals surface area contributed by atoms with E-state index in [1.54, 1.807) is 0 Å². The van der Waals surface area contributed by atoms with Gasteiger partial charge in [-0.1, -0.05) is 26.0 Å². The number of aliphatic carboxylic acids is 1. The summed E-state index contributed by atoms with van der Waals surface area (Å²) >= 11 is 1.16. The molecule has 1 aromatic rings. The molecular weight excluding hydrogens is 262 g/mol. The quantitative estimate of drug-likeness (QED) is 0.841. The molecule has 1 rings (SSSR count). The van der Waals surface area contributed by atoms with Gasteiger partial charge < -0.3 is 10.4 Å². The maximum absolute atomic E-state index is 11.7. The minimum atomic E-state index is -0.872. The number of anilines is 1. The van der Waals surface area contributed by atoms with Crippen LogP contribution in [0, 0.1) is 12.8 Å². The monoisotopic (exact) mass is 281 g/mol. The van der Waals surface area contributed by atoms with Crippen LogP contribution >= 0.6 is 11.8 Å². The maximum atomic E-state index is 11.7. The van der Waals surface area contributed by atoms with Crippen LogP contribution in [0.2, 0.25) is 0 Å². The Morgan fingerprint density at radius 1 is 1.37 bits per heavy atom. The largest absolute Gasteiger partial charge is 0.480 e. The molecule has 0 radical (unpaired) electrons. The zero-order chi connectivity index (χ0) is 14.4. The van der Waals surface area contributed by atoms with Crippen molar-refractivity contribution in [2.24, 2.45) is 5.92 Å². The number of hydrogen-bond acceptors (Lipinski definition) is 3. The van der Waals surface area contributed by atoms with Crippen molar-refractivity contribution in [3.63, 3.8) is 0 Å². The second-order valence-electron chi connectivity index (χ2n) is 4.73. The second-order valence-corrected chi connectivity index (χ2v) is 5.86. The van der Waals surface area contributed by atoms with Crippen molar-refractivity contribution in [2.75, 3.05) is 11.1 Å². The van der Waals surface area contributed by atoms with E-state index in [9.17, 15) is 9.59 Å². The molecule has 0 bridgehead atoms. The molecule has 0 heterocycles. The van der Waals surface area contributed by atoms with Gasteiger partial charge in [0.15, 0.2) is 0 Å². The lowest BCUT2D eigenvalue weighted by Gasteiger charge is -2.15. The van der Waals surface area contributed by atoms with Gasteiger partial charge in [-0.15, -0.1) is 11.8 Å². The van der Waals surface area contributed by atoms with Gasteiger partial charge in [0, 0.05) is 5.69 Å². The first-order valence-corrected chi connectivity index (χ1v) is 7.16. The normalized spacial score (nSPS) is 12.2. The van der Waals surface area contributed by atoms with Gasteiger partial charge in [-0.3, -0.25) is 9.59 Å². The number of hydrogen-bond donors (Lipinski definition) is 2. The number of amides is 1. The topological polar surface area (TPSA) is 66.4 Å². The molecule has 4 nitrogen and oxygen atoms in total. The molecule has 0 aliphatic carbocycles. The molecule has 19 heavy (non-hydrogen) atoms. The molecule has 0 aromatic heterocycles. The lowest BCUT2D eigenvalue weighted by Crippen LogP contribution is -2.25. The van der Waals surface area contributed by atoms with E-state index in [1.807, 2.05) is 45.0 Å². The van der Waals surface area contributed by atoms with Crippen LogP contribution in [0.5, 0.6) is 0 Å². The summed E-state index contributed by atoms with van der Waals surface area (Å²) < 4.78 is 0. The lowest BCUT2D eigenvalue weighted by molar-refractivity contribution is -0.137. The number of carbonyl (C=O) groups is 2. The predicted octanol–water partition coefficient (Wildman–Crippen LogP) is 2.78. The highest BCUT2D eigenvalue weighted by Gasteiger charge is 2.22. The Balaban J connectivity index is 2.50. The molecule has 1 atom stereocenters. The number of nitrogens with one attached hydrogen (secondary N) is 1. The minimum absolute atomic E-state index is 0.00531. The minimum Gasteiger partial charge on any atom is -0.480 e. The average Bonchev–Trinajstić information content (AvgIpc) is 2.27. The molecule has 0 spiro atoms. The van der Waals surface area contributed by atoms with Gasteiger partial charge in [-0.25, -0.2) is 0 Å². The molecule has 104 valence electrons. The summed E-state index contributed by atoms with van der Waals surface area (Å²) in [5.41, 5.74) is 1.80. The lowest BCUT2D eigenvalue weighted by atomic mass is 10.1. The van der Waals surface area contributed by atoms with E-state index >= 15 is 0 Å². The number of carboxylic acid groups (broad SMARTS) is 1. The molecule has 1 unspecified atom stereocenters. The number of rotatable bonds is 6. The van der Waals surface area contributed by atoms with E-state index < -0.39 is 11.2 Å². The van der Waals surface area contributed by atoms with E-state index in [4.69, 9.17) is 5.11 Å². The second kappa shape index (κ2) is 7.19. The summed E-state index contributed by atoms with van der Waals surface area (Å²) in [6.07, 6.45) is 0. The van der Waals surface area contributed by atoms with Crippen LogP contribution in [0.15, 0.2) is 24.3 Å². The number of aryl methyl sites for hydroxylation is 1. The van der Waals surface area contributed by atoms with Gasteiger partial charge in [0.05, 0.1) is 5.75 Å². The average molecular weight is 281 g/mol. The highest BCUT2D eigenvalue weighted by atomic mass is 32.2. The van der Waals surface area contributed by atoms with Crippen LogP contribution in [0.1, 0.15) is 19.4 Å². The van der Waals surface area contributed by atoms with Crippen molar-refractivity contribution >= 4 is 29.3 Å². The van der Waals surface area contributed by atoms with Crippen molar-refractivity contribution in [3.05, 3.63) is 29.8 Å². The van der Waals surface area contributed by atoms with Gasteiger partial charge in [-0.05, 0) is 30.5 Å². The van der Waals surface area contributed by atoms with Crippen LogP contribution in [0.25, 0.3) is 0 Å². The van der Waals surface area contributed by atoms with Gasteiger partial charge in [0.1, 0.15) is 5.25 Å². The van der Waals surface area contributed by atoms with E-state index in [0.717, 1.165) is 23.0 Å². The highest BCUT2D eigenvalue weighted by Crippen LogP contribution is 2.20. The zero-order valence-corrected chi connectivity index (χ0v) is 12.2. The SMILES string of the molecule is Cc1cccc(NC(=O)CSC(C(=O)O)C(C)C)c1. The highest BCUT2D eigenvalue weighted by molar-refractivity contribution is 8.01. The standard InChI is InChI=1S/C14H19NO3S/c1-9(2)13(14(17)18)19-8-12(16)15-11-6-4-5-10(3)7-11/h4-7,9,13H,8H2,1-3H3,(H,15,16)(H,17,18). The molecule has 0 aliphatic heterocycles. The van der Waals surface area contributed by atoms with E-state index in [1.165, 1.54) is 0 Å². The molecule has 5 heteroatoms. The number of carbonyl (C=O) groups excluding carboxylic acids is 1. The number of carboxylic acids is 1. The Morgan fingerprint density at radius 2 is 2.05 bits per heavy atom. The van der Waals surface area contributed by atoms with Gasteiger partial charge >= 0.3 is 5.97 Å². The smallest absolute Gasteiger partial charge is 0.316 e. The molecule has 0 saturated carbocycles. The van der Waals surface area contributed by atoms with Crippen LogP contribution in [0.3, 0.4) is 0 Å². The number of thioether (sulfide) groups is 1. The molecular formula is C14H19NO3S. The van der Waals surface area contributed by atoms with Crippen molar-refractivity contribution in [1.29, 1.82) is 0 Å². The van der Waals surface area contributed by atoms with E-state index in [2.05, 4.69) is 5.32 Å². The molecule has 0 fully saturated rings. The first-order chi connectivity index (χ1) is 8.90. The van der Waals surface area contributed by atoms with Gasteiger partial charge in [-0.2, -0.15) is 0 Å². The Kier molecular flexibility index (Phi) is 5.89. The Hall–Kier alpha value is -1.49. The fourth-order valence-electron chi connectivity index (χ4n) is 1.63. The van der Waals surface area contributed by atoms with Crippen LogP contribution < -0.4 is 5.32 Å².